The van der Waals surface area contributed by atoms with Crippen LogP contribution in [0, 0.1) is 5.92 Å². The maximum absolute atomic E-state index is 6.09. The highest BCUT2D eigenvalue weighted by Crippen LogP contribution is 2.30. The van der Waals surface area contributed by atoms with Crippen LogP contribution in [-0.4, -0.2) is 41.1 Å². The summed E-state index contributed by atoms with van der Waals surface area (Å²) < 4.78 is 6.09. The van der Waals surface area contributed by atoms with Crippen molar-refractivity contribution in [2.75, 3.05) is 26.2 Å². The van der Waals surface area contributed by atoms with Crippen molar-refractivity contribution in [1.82, 2.24) is 14.9 Å². The van der Waals surface area contributed by atoms with E-state index in [0.717, 1.165) is 29.8 Å². The van der Waals surface area contributed by atoms with Gasteiger partial charge in [0.05, 0.1) is 17.5 Å². The molecule has 0 atom stereocenters. The highest BCUT2D eigenvalue weighted by molar-refractivity contribution is 7.13. The first-order chi connectivity index (χ1) is 12.8. The van der Waals surface area contributed by atoms with Crippen LogP contribution < -0.4 is 4.74 Å². The molecule has 2 aromatic heterocycles. The first-order valence-electron chi connectivity index (χ1n) is 9.47. The third kappa shape index (κ3) is 3.89. The number of thiophene rings is 1. The van der Waals surface area contributed by atoms with Gasteiger partial charge in [0, 0.05) is 4.88 Å². The number of nitrogens with zero attached hydrogens (tertiary/aromatic N) is 3. The topological polar surface area (TPSA) is 38.2 Å². The van der Waals surface area contributed by atoms with Crippen LogP contribution in [0.5, 0.6) is 5.88 Å². The van der Waals surface area contributed by atoms with Crippen LogP contribution in [0.15, 0.2) is 42.0 Å². The van der Waals surface area contributed by atoms with Crippen LogP contribution in [0.1, 0.15) is 26.2 Å². The van der Waals surface area contributed by atoms with Gasteiger partial charge in [0.1, 0.15) is 6.33 Å². The van der Waals surface area contributed by atoms with Gasteiger partial charge in [-0.2, -0.15) is 0 Å². The predicted octanol–water partition coefficient (Wildman–Crippen LogP) is 4.86. The second-order valence-corrected chi connectivity index (χ2v) is 7.85. The number of rotatable bonds is 6. The number of hydrogen-bond acceptors (Lipinski definition) is 5. The minimum absolute atomic E-state index is 0.708. The van der Waals surface area contributed by atoms with Crippen LogP contribution in [0.2, 0.25) is 0 Å². The third-order valence-electron chi connectivity index (χ3n) is 5.32. The average Bonchev–Trinajstić information content (AvgIpc) is 3.23. The average molecular weight is 368 g/mol. The van der Waals surface area contributed by atoms with E-state index < -0.39 is 0 Å². The van der Waals surface area contributed by atoms with E-state index in [9.17, 15) is 0 Å². The van der Waals surface area contributed by atoms with Gasteiger partial charge in [-0.25, -0.2) is 9.97 Å². The zero-order valence-electron chi connectivity index (χ0n) is 15.2. The molecule has 0 unspecified atom stereocenters. The largest absolute Gasteiger partial charge is 0.477 e. The number of benzene rings is 1. The molecule has 0 N–H and O–H groups in total. The molecule has 0 aliphatic carbocycles. The standard InChI is InChI=1S/C21H25N3OS/c1-2-24-10-7-16(8-11-24)9-12-25-21-18-14-17(20-4-3-13-26-20)5-6-19(18)22-15-23-21/h3-6,13-16H,2,7-12H2,1H3. The molecule has 3 aromatic rings. The molecule has 4 rings (SSSR count). The smallest absolute Gasteiger partial charge is 0.224 e. The first kappa shape index (κ1) is 17.4. The Hall–Kier alpha value is -1.98. The monoisotopic (exact) mass is 367 g/mol. The lowest BCUT2D eigenvalue weighted by Gasteiger charge is -2.30. The van der Waals surface area contributed by atoms with Crippen LogP contribution in [0.3, 0.4) is 0 Å². The lowest BCUT2D eigenvalue weighted by Crippen LogP contribution is -2.33. The van der Waals surface area contributed by atoms with Crippen molar-refractivity contribution >= 4 is 22.2 Å². The van der Waals surface area contributed by atoms with Gasteiger partial charge in [-0.05, 0) is 74.0 Å². The van der Waals surface area contributed by atoms with E-state index >= 15 is 0 Å². The third-order valence-corrected chi connectivity index (χ3v) is 6.24. The molecule has 3 heterocycles. The van der Waals surface area contributed by atoms with Gasteiger partial charge in [-0.15, -0.1) is 11.3 Å². The molecule has 1 aromatic carbocycles. The fraction of sp³-hybridized carbons (Fsp3) is 0.429. The van der Waals surface area contributed by atoms with E-state index in [2.05, 4.69) is 57.5 Å². The minimum Gasteiger partial charge on any atom is -0.477 e. The van der Waals surface area contributed by atoms with E-state index in [4.69, 9.17) is 4.74 Å². The molecule has 0 radical (unpaired) electrons. The number of hydrogen-bond donors (Lipinski definition) is 0. The SMILES string of the molecule is CCN1CCC(CCOc2ncnc3ccc(-c4cccs4)cc23)CC1. The summed E-state index contributed by atoms with van der Waals surface area (Å²) in [5, 5.41) is 3.10. The molecule has 1 aliphatic heterocycles. The van der Waals surface area contributed by atoms with Crippen LogP contribution in [-0.2, 0) is 0 Å². The maximum Gasteiger partial charge on any atom is 0.224 e. The van der Waals surface area contributed by atoms with Crippen molar-refractivity contribution in [3.63, 3.8) is 0 Å². The Kier molecular flexibility index (Phi) is 5.46. The van der Waals surface area contributed by atoms with Gasteiger partial charge >= 0.3 is 0 Å². The van der Waals surface area contributed by atoms with Gasteiger partial charge in [0.2, 0.25) is 5.88 Å². The minimum atomic E-state index is 0.708. The summed E-state index contributed by atoms with van der Waals surface area (Å²) in [5.74, 6) is 1.48. The Morgan fingerprint density at radius 2 is 2.08 bits per heavy atom. The van der Waals surface area contributed by atoms with E-state index in [0.29, 0.717) is 5.88 Å². The van der Waals surface area contributed by atoms with Crippen LogP contribution in [0.4, 0.5) is 0 Å². The Morgan fingerprint density at radius 1 is 1.19 bits per heavy atom. The molecule has 1 aliphatic rings. The molecule has 4 nitrogen and oxygen atoms in total. The van der Waals surface area contributed by atoms with Crippen molar-refractivity contribution < 1.29 is 4.74 Å². The quantitative estimate of drug-likeness (QED) is 0.624. The van der Waals surface area contributed by atoms with Crippen molar-refractivity contribution in [3.05, 3.63) is 42.0 Å². The number of aromatic nitrogens is 2. The first-order valence-corrected chi connectivity index (χ1v) is 10.3. The number of ether oxygens (including phenoxy) is 1. The maximum atomic E-state index is 6.09. The molecule has 0 saturated carbocycles. The lowest BCUT2D eigenvalue weighted by atomic mass is 9.94. The normalized spacial score (nSPS) is 16.2. The van der Waals surface area contributed by atoms with E-state index in [1.807, 2.05) is 0 Å². The molecule has 1 fully saturated rings. The molecule has 1 saturated heterocycles. The molecule has 0 amide bonds. The van der Waals surface area contributed by atoms with Crippen LogP contribution in [0.25, 0.3) is 21.3 Å². The zero-order valence-corrected chi connectivity index (χ0v) is 16.0. The lowest BCUT2D eigenvalue weighted by molar-refractivity contribution is 0.168. The highest BCUT2D eigenvalue weighted by Gasteiger charge is 2.18. The van der Waals surface area contributed by atoms with Crippen LogP contribution >= 0.6 is 11.3 Å². The summed E-state index contributed by atoms with van der Waals surface area (Å²) >= 11 is 1.74. The van der Waals surface area contributed by atoms with Gasteiger partial charge in [-0.3, -0.25) is 0 Å². The van der Waals surface area contributed by atoms with Crippen molar-refractivity contribution in [3.8, 4) is 16.3 Å². The van der Waals surface area contributed by atoms with Gasteiger partial charge in [0.15, 0.2) is 0 Å². The van der Waals surface area contributed by atoms with E-state index in [-0.39, 0.29) is 0 Å². The fourth-order valence-corrected chi connectivity index (χ4v) is 4.38. The summed E-state index contributed by atoms with van der Waals surface area (Å²) in [6.45, 7) is 6.59. The van der Waals surface area contributed by atoms with Crippen molar-refractivity contribution in [2.24, 2.45) is 5.92 Å². The van der Waals surface area contributed by atoms with Gasteiger partial charge in [-0.1, -0.05) is 19.1 Å². The number of piperidine rings is 1. The molecule has 5 heteroatoms. The summed E-state index contributed by atoms with van der Waals surface area (Å²) in [6.07, 6.45) is 5.27. The number of fused-ring (bicyclic) bond motifs is 1. The molecular weight excluding hydrogens is 342 g/mol. The molecule has 136 valence electrons. The second kappa shape index (κ2) is 8.14. The zero-order chi connectivity index (χ0) is 17.8. The number of likely N-dealkylation sites (tertiary alicyclic amines) is 1. The summed E-state index contributed by atoms with van der Waals surface area (Å²) in [7, 11) is 0. The molecular formula is C21H25N3OS. The summed E-state index contributed by atoms with van der Waals surface area (Å²) in [6, 6.07) is 10.5. The van der Waals surface area contributed by atoms with Gasteiger partial charge < -0.3 is 9.64 Å². The predicted molar refractivity (Wildman–Crippen MR) is 108 cm³/mol. The Morgan fingerprint density at radius 3 is 2.85 bits per heavy atom. The van der Waals surface area contributed by atoms with Crippen molar-refractivity contribution in [2.45, 2.75) is 26.2 Å². The van der Waals surface area contributed by atoms with Crippen molar-refractivity contribution in [1.29, 1.82) is 0 Å². The Balaban J connectivity index is 1.44. The Labute approximate surface area is 158 Å². The Bertz CT molecular complexity index is 842. The molecule has 0 spiro atoms. The van der Waals surface area contributed by atoms with E-state index in [1.165, 1.54) is 42.9 Å². The fourth-order valence-electron chi connectivity index (χ4n) is 3.66. The summed E-state index contributed by atoms with van der Waals surface area (Å²) in [5.41, 5.74) is 2.13. The van der Waals surface area contributed by atoms with Gasteiger partial charge in [0.25, 0.3) is 0 Å². The molecule has 26 heavy (non-hydrogen) atoms. The second-order valence-electron chi connectivity index (χ2n) is 6.90. The summed E-state index contributed by atoms with van der Waals surface area (Å²) in [4.78, 5) is 12.6. The molecule has 0 bridgehead atoms. The highest BCUT2D eigenvalue weighted by atomic mass is 32.1. The van der Waals surface area contributed by atoms with E-state index in [1.54, 1.807) is 17.7 Å².